The van der Waals surface area contributed by atoms with Crippen LogP contribution in [0.25, 0.3) is 16.6 Å². The molecule has 0 aliphatic carbocycles. The molecule has 0 radical (unpaired) electrons. The number of hydrogen-bond donors (Lipinski definition) is 2. The zero-order valence-corrected chi connectivity index (χ0v) is 13.5. The van der Waals surface area contributed by atoms with Gasteiger partial charge < -0.3 is 14.6 Å². The Hall–Kier alpha value is -2.32. The summed E-state index contributed by atoms with van der Waals surface area (Å²) in [6.45, 7) is 2.63. The number of nitriles is 1. The summed E-state index contributed by atoms with van der Waals surface area (Å²) in [5, 5.41) is 20.1. The predicted molar refractivity (Wildman–Crippen MR) is 89.9 cm³/mol. The fourth-order valence-electron chi connectivity index (χ4n) is 3.34. The molecule has 23 heavy (non-hydrogen) atoms. The molecule has 0 amide bonds. The lowest BCUT2D eigenvalue weighted by Gasteiger charge is -2.16. The lowest BCUT2D eigenvalue weighted by Crippen LogP contribution is -3.12. The van der Waals surface area contributed by atoms with Crippen LogP contribution in [0, 0.1) is 11.3 Å². The van der Waals surface area contributed by atoms with Gasteiger partial charge in [-0.25, -0.2) is 4.98 Å². The molecular weight excluding hydrogens is 288 g/mol. The maximum atomic E-state index is 10.5. The Bertz CT molecular complexity index is 761. The molecule has 3 rings (SSSR count). The van der Waals surface area contributed by atoms with Gasteiger partial charge in [0.1, 0.15) is 18.2 Å². The normalized spacial score (nSPS) is 17.6. The number of quaternary nitrogens is 1. The highest BCUT2D eigenvalue weighted by molar-refractivity contribution is 5.83. The Balaban J connectivity index is 1.93. The molecule has 2 heterocycles. The summed E-state index contributed by atoms with van der Waals surface area (Å²) in [7, 11) is 1.88. The minimum atomic E-state index is 0.155. The molecule has 1 aliphatic rings. The number of aliphatic hydroxyl groups is 1. The number of hydrogen-bond acceptors (Lipinski definition) is 3. The molecule has 5 nitrogen and oxygen atoms in total. The summed E-state index contributed by atoms with van der Waals surface area (Å²) in [6.07, 6.45) is 4.92. The molecule has 0 atom stereocenters. The standard InChI is InChI=1S/C18H22N4O/c1-21-16-9-5-4-8-15(16)20-18(21)14(12-19)17(23)13-22-10-6-2-3-7-11-22/h4-5,8-9,23H,2-3,6-7,10-11,13H2,1H3/p+1. The Kier molecular flexibility index (Phi) is 4.63. The number of aliphatic hydroxyl groups excluding tert-OH is 1. The lowest BCUT2D eigenvalue weighted by atomic mass is 10.2. The second kappa shape index (κ2) is 6.84. The largest absolute Gasteiger partial charge is 0.506 e. The summed E-state index contributed by atoms with van der Waals surface area (Å²) >= 11 is 0. The van der Waals surface area contributed by atoms with Gasteiger partial charge in [0, 0.05) is 7.05 Å². The van der Waals surface area contributed by atoms with Gasteiger partial charge >= 0.3 is 0 Å². The average molecular weight is 311 g/mol. The van der Waals surface area contributed by atoms with Crippen molar-refractivity contribution in [1.82, 2.24) is 9.55 Å². The molecule has 0 spiro atoms. The molecule has 2 N–H and O–H groups in total. The highest BCUT2D eigenvalue weighted by atomic mass is 16.3. The zero-order chi connectivity index (χ0) is 16.2. The van der Waals surface area contributed by atoms with E-state index in [9.17, 15) is 10.4 Å². The number of imidazole rings is 1. The summed E-state index contributed by atoms with van der Waals surface area (Å²) in [5.41, 5.74) is 2.10. The van der Waals surface area contributed by atoms with Crippen LogP contribution in [-0.2, 0) is 7.05 Å². The number of rotatable bonds is 3. The summed E-state index contributed by atoms with van der Waals surface area (Å²) in [5.74, 6) is 0.697. The number of benzene rings is 1. The van der Waals surface area contributed by atoms with Gasteiger partial charge in [-0.1, -0.05) is 12.1 Å². The molecule has 5 heteroatoms. The van der Waals surface area contributed by atoms with Crippen LogP contribution >= 0.6 is 0 Å². The molecule has 1 fully saturated rings. The van der Waals surface area contributed by atoms with Gasteiger partial charge in [0.15, 0.2) is 11.6 Å². The van der Waals surface area contributed by atoms with Gasteiger partial charge in [-0.15, -0.1) is 0 Å². The van der Waals surface area contributed by atoms with Crippen molar-refractivity contribution >= 4 is 16.6 Å². The van der Waals surface area contributed by atoms with Crippen molar-refractivity contribution in [3.8, 4) is 6.07 Å². The van der Waals surface area contributed by atoms with E-state index in [2.05, 4.69) is 11.1 Å². The molecule has 1 saturated heterocycles. The number of fused-ring (bicyclic) bond motifs is 1. The Morgan fingerprint density at radius 3 is 2.61 bits per heavy atom. The van der Waals surface area contributed by atoms with E-state index in [1.54, 1.807) is 0 Å². The van der Waals surface area contributed by atoms with Crippen molar-refractivity contribution in [3.63, 3.8) is 0 Å². The smallest absolute Gasteiger partial charge is 0.169 e. The minimum Gasteiger partial charge on any atom is -0.506 e. The minimum absolute atomic E-state index is 0.155. The van der Waals surface area contributed by atoms with Crippen molar-refractivity contribution in [3.05, 3.63) is 35.8 Å². The van der Waals surface area contributed by atoms with Gasteiger partial charge in [0.2, 0.25) is 0 Å². The number of nitrogens with one attached hydrogen (secondary N) is 1. The van der Waals surface area contributed by atoms with Crippen LogP contribution in [0.4, 0.5) is 0 Å². The molecule has 1 aliphatic heterocycles. The van der Waals surface area contributed by atoms with E-state index in [1.165, 1.54) is 30.6 Å². The van der Waals surface area contributed by atoms with Crippen LogP contribution in [0.1, 0.15) is 31.5 Å². The van der Waals surface area contributed by atoms with Crippen molar-refractivity contribution < 1.29 is 10.0 Å². The Morgan fingerprint density at radius 2 is 1.96 bits per heavy atom. The fraction of sp³-hybridized carbons (Fsp3) is 0.444. The summed E-state index contributed by atoms with van der Waals surface area (Å²) in [6, 6.07) is 9.93. The maximum Gasteiger partial charge on any atom is 0.169 e. The Morgan fingerprint density at radius 1 is 1.26 bits per heavy atom. The van der Waals surface area contributed by atoms with E-state index in [0.717, 1.165) is 24.1 Å². The van der Waals surface area contributed by atoms with Crippen LogP contribution < -0.4 is 4.90 Å². The molecule has 1 aromatic carbocycles. The van der Waals surface area contributed by atoms with Gasteiger partial charge in [-0.05, 0) is 37.8 Å². The van der Waals surface area contributed by atoms with Crippen molar-refractivity contribution in [2.24, 2.45) is 7.05 Å². The third kappa shape index (κ3) is 3.22. The third-order valence-electron chi connectivity index (χ3n) is 4.64. The first-order valence-electron chi connectivity index (χ1n) is 8.28. The monoisotopic (exact) mass is 311 g/mol. The molecule has 0 bridgehead atoms. The van der Waals surface area contributed by atoms with E-state index in [4.69, 9.17) is 0 Å². The Labute approximate surface area is 136 Å². The first-order valence-corrected chi connectivity index (χ1v) is 8.28. The van der Waals surface area contributed by atoms with E-state index in [1.807, 2.05) is 35.9 Å². The molecule has 1 aromatic heterocycles. The van der Waals surface area contributed by atoms with E-state index in [-0.39, 0.29) is 5.76 Å². The van der Waals surface area contributed by atoms with Crippen LogP contribution in [0.15, 0.2) is 30.0 Å². The highest BCUT2D eigenvalue weighted by Crippen LogP contribution is 2.21. The SMILES string of the molecule is Cn1c(C(C#N)=C(O)C[NH+]2CCCCCC2)nc2ccccc21. The van der Waals surface area contributed by atoms with E-state index in [0.29, 0.717) is 17.9 Å². The quantitative estimate of drug-likeness (QED) is 0.671. The predicted octanol–water partition coefficient (Wildman–Crippen LogP) is 1.82. The van der Waals surface area contributed by atoms with Crippen LogP contribution in [-0.4, -0.2) is 34.3 Å². The molecule has 0 unspecified atom stereocenters. The second-order valence-corrected chi connectivity index (χ2v) is 6.26. The van der Waals surface area contributed by atoms with Gasteiger partial charge in [-0.3, -0.25) is 0 Å². The van der Waals surface area contributed by atoms with Crippen molar-refractivity contribution in [2.75, 3.05) is 19.6 Å². The van der Waals surface area contributed by atoms with Crippen molar-refractivity contribution in [2.45, 2.75) is 25.7 Å². The lowest BCUT2D eigenvalue weighted by molar-refractivity contribution is -0.895. The topological polar surface area (TPSA) is 66.3 Å². The average Bonchev–Trinajstić information content (AvgIpc) is 2.74. The van der Waals surface area contributed by atoms with Crippen LogP contribution in [0.5, 0.6) is 0 Å². The molecular formula is C18H23N4O+. The first kappa shape index (κ1) is 15.6. The first-order chi connectivity index (χ1) is 11.2. The number of para-hydroxylation sites is 2. The maximum absolute atomic E-state index is 10.5. The summed E-state index contributed by atoms with van der Waals surface area (Å²) in [4.78, 5) is 5.88. The van der Waals surface area contributed by atoms with E-state index < -0.39 is 0 Å². The zero-order valence-electron chi connectivity index (χ0n) is 13.5. The van der Waals surface area contributed by atoms with Gasteiger partial charge in [0.05, 0.1) is 24.1 Å². The number of aryl methyl sites for hydroxylation is 1. The number of aromatic nitrogens is 2. The van der Waals surface area contributed by atoms with Crippen molar-refractivity contribution in [1.29, 1.82) is 5.26 Å². The summed E-state index contributed by atoms with van der Waals surface area (Å²) < 4.78 is 1.88. The van der Waals surface area contributed by atoms with Gasteiger partial charge in [-0.2, -0.15) is 5.26 Å². The highest BCUT2D eigenvalue weighted by Gasteiger charge is 2.20. The molecule has 0 saturated carbocycles. The van der Waals surface area contributed by atoms with E-state index >= 15 is 0 Å². The van der Waals surface area contributed by atoms with Gasteiger partial charge in [0.25, 0.3) is 0 Å². The van der Waals surface area contributed by atoms with Crippen LogP contribution in [0.3, 0.4) is 0 Å². The number of allylic oxidation sites excluding steroid dienone is 1. The fourth-order valence-corrected chi connectivity index (χ4v) is 3.34. The molecule has 2 aromatic rings. The molecule has 120 valence electrons. The van der Waals surface area contributed by atoms with Crippen LogP contribution in [0.2, 0.25) is 0 Å². The second-order valence-electron chi connectivity index (χ2n) is 6.26. The third-order valence-corrected chi connectivity index (χ3v) is 4.64. The number of likely N-dealkylation sites (tertiary alicyclic amines) is 1. The number of nitrogens with zero attached hydrogens (tertiary/aromatic N) is 3.